The maximum atomic E-state index is 6.03. The van der Waals surface area contributed by atoms with Crippen LogP contribution in [0, 0.1) is 0 Å². The monoisotopic (exact) mass is 293 g/mol. The van der Waals surface area contributed by atoms with Crippen molar-refractivity contribution in [2.75, 3.05) is 11.9 Å². The van der Waals surface area contributed by atoms with E-state index in [2.05, 4.69) is 29.1 Å². The van der Waals surface area contributed by atoms with Gasteiger partial charge in [0.15, 0.2) is 0 Å². The molecule has 4 nitrogen and oxygen atoms in total. The van der Waals surface area contributed by atoms with Crippen LogP contribution in [0.15, 0.2) is 60.9 Å². The first-order valence-corrected chi connectivity index (χ1v) is 7.32. The highest BCUT2D eigenvalue weighted by Crippen LogP contribution is 2.21. The predicted octanol–water partition coefficient (Wildman–Crippen LogP) is 3.90. The number of hydrogen-bond acceptors (Lipinski definition) is 4. The van der Waals surface area contributed by atoms with E-state index < -0.39 is 0 Å². The van der Waals surface area contributed by atoms with Gasteiger partial charge in [0.2, 0.25) is 0 Å². The van der Waals surface area contributed by atoms with Crippen LogP contribution in [0.2, 0.25) is 0 Å². The number of nitrogens with one attached hydrogen (secondary N) is 1. The molecule has 1 heterocycles. The molecular formula is C18H19N3O. The standard InChI is InChI=1S/C18H19N3O/c1-18(2,22-14-8-4-3-5-9-14)12-19-17-15-10-6-7-11-16(15)20-13-21-17/h3-11,13H,12H2,1-2H3,(H,19,20,21). The minimum atomic E-state index is -0.354. The Morgan fingerprint density at radius 3 is 2.50 bits per heavy atom. The fraction of sp³-hybridized carbons (Fsp3) is 0.222. The number of para-hydroxylation sites is 2. The molecule has 0 saturated carbocycles. The molecule has 112 valence electrons. The molecule has 0 bridgehead atoms. The van der Waals surface area contributed by atoms with Gasteiger partial charge < -0.3 is 10.1 Å². The van der Waals surface area contributed by atoms with Crippen LogP contribution < -0.4 is 10.1 Å². The van der Waals surface area contributed by atoms with E-state index in [1.54, 1.807) is 6.33 Å². The van der Waals surface area contributed by atoms with Gasteiger partial charge in [0, 0.05) is 5.39 Å². The Bertz CT molecular complexity index is 751. The Hall–Kier alpha value is -2.62. The lowest BCUT2D eigenvalue weighted by molar-refractivity contribution is 0.123. The molecule has 0 fully saturated rings. The van der Waals surface area contributed by atoms with Crippen molar-refractivity contribution in [1.29, 1.82) is 0 Å². The summed E-state index contributed by atoms with van der Waals surface area (Å²) in [5.74, 6) is 1.69. The maximum Gasteiger partial charge on any atom is 0.137 e. The highest BCUT2D eigenvalue weighted by Gasteiger charge is 2.20. The third kappa shape index (κ3) is 3.34. The van der Waals surface area contributed by atoms with Crippen molar-refractivity contribution in [3.8, 4) is 5.75 Å². The number of benzene rings is 2. The largest absolute Gasteiger partial charge is 0.486 e. The molecule has 0 spiro atoms. The Labute approximate surface area is 130 Å². The summed E-state index contributed by atoms with van der Waals surface area (Å²) in [6, 6.07) is 17.8. The minimum absolute atomic E-state index is 0.354. The zero-order valence-corrected chi connectivity index (χ0v) is 12.8. The highest BCUT2D eigenvalue weighted by atomic mass is 16.5. The molecule has 0 atom stereocenters. The third-order valence-electron chi connectivity index (χ3n) is 3.36. The molecule has 1 aromatic heterocycles. The second-order valence-corrected chi connectivity index (χ2v) is 5.77. The van der Waals surface area contributed by atoms with Crippen molar-refractivity contribution in [2.45, 2.75) is 19.4 Å². The number of hydrogen-bond donors (Lipinski definition) is 1. The van der Waals surface area contributed by atoms with Crippen molar-refractivity contribution < 1.29 is 4.74 Å². The number of rotatable bonds is 5. The van der Waals surface area contributed by atoms with Gasteiger partial charge in [-0.1, -0.05) is 30.3 Å². The van der Waals surface area contributed by atoms with Gasteiger partial charge in [-0.3, -0.25) is 0 Å². The van der Waals surface area contributed by atoms with Crippen LogP contribution >= 0.6 is 0 Å². The van der Waals surface area contributed by atoms with Gasteiger partial charge in [-0.2, -0.15) is 0 Å². The van der Waals surface area contributed by atoms with Gasteiger partial charge in [-0.05, 0) is 38.1 Å². The van der Waals surface area contributed by atoms with Gasteiger partial charge in [0.1, 0.15) is 23.5 Å². The SMILES string of the molecule is CC(C)(CNc1ncnc2ccccc12)Oc1ccccc1. The van der Waals surface area contributed by atoms with Gasteiger partial charge in [-0.25, -0.2) is 9.97 Å². The Kier molecular flexibility index (Phi) is 3.92. The van der Waals surface area contributed by atoms with Crippen LogP contribution in [0.3, 0.4) is 0 Å². The number of fused-ring (bicyclic) bond motifs is 1. The van der Waals surface area contributed by atoms with Crippen molar-refractivity contribution in [3.05, 3.63) is 60.9 Å². The Balaban J connectivity index is 1.73. The van der Waals surface area contributed by atoms with Gasteiger partial charge in [0.05, 0.1) is 12.1 Å². The van der Waals surface area contributed by atoms with E-state index in [4.69, 9.17) is 4.74 Å². The van der Waals surface area contributed by atoms with Crippen molar-refractivity contribution >= 4 is 16.7 Å². The van der Waals surface area contributed by atoms with Gasteiger partial charge in [-0.15, -0.1) is 0 Å². The van der Waals surface area contributed by atoms with E-state index in [0.29, 0.717) is 6.54 Å². The minimum Gasteiger partial charge on any atom is -0.486 e. The molecule has 0 aliphatic heterocycles. The van der Waals surface area contributed by atoms with Gasteiger partial charge in [0.25, 0.3) is 0 Å². The van der Waals surface area contributed by atoms with Crippen molar-refractivity contribution in [1.82, 2.24) is 9.97 Å². The summed E-state index contributed by atoms with van der Waals surface area (Å²) in [6.45, 7) is 4.75. The van der Waals surface area contributed by atoms with Crippen LogP contribution in [-0.2, 0) is 0 Å². The topological polar surface area (TPSA) is 47.0 Å². The number of anilines is 1. The molecule has 1 N–H and O–H groups in total. The average Bonchev–Trinajstić information content (AvgIpc) is 2.53. The van der Waals surface area contributed by atoms with Crippen molar-refractivity contribution in [3.63, 3.8) is 0 Å². The quantitative estimate of drug-likeness (QED) is 0.775. The lowest BCUT2D eigenvalue weighted by Gasteiger charge is -2.27. The second-order valence-electron chi connectivity index (χ2n) is 5.77. The highest BCUT2D eigenvalue weighted by molar-refractivity contribution is 5.88. The summed E-state index contributed by atoms with van der Waals surface area (Å²) in [7, 11) is 0. The molecular weight excluding hydrogens is 274 g/mol. The van der Waals surface area contributed by atoms with Crippen molar-refractivity contribution in [2.24, 2.45) is 0 Å². The number of ether oxygens (including phenoxy) is 1. The number of aromatic nitrogens is 2. The fourth-order valence-corrected chi connectivity index (χ4v) is 2.29. The fourth-order valence-electron chi connectivity index (χ4n) is 2.29. The first-order chi connectivity index (χ1) is 10.6. The molecule has 2 aromatic carbocycles. The van der Waals surface area contributed by atoms with Crippen LogP contribution in [0.4, 0.5) is 5.82 Å². The van der Waals surface area contributed by atoms with Gasteiger partial charge >= 0.3 is 0 Å². The summed E-state index contributed by atoms with van der Waals surface area (Å²) in [5.41, 5.74) is 0.578. The zero-order valence-electron chi connectivity index (χ0n) is 12.8. The predicted molar refractivity (Wildman–Crippen MR) is 89.2 cm³/mol. The second kappa shape index (κ2) is 6.02. The van der Waals surface area contributed by atoms with Crippen LogP contribution in [0.25, 0.3) is 10.9 Å². The first-order valence-electron chi connectivity index (χ1n) is 7.32. The van der Waals surface area contributed by atoms with E-state index in [1.807, 2.05) is 54.6 Å². The summed E-state index contributed by atoms with van der Waals surface area (Å²) in [4.78, 5) is 8.61. The summed E-state index contributed by atoms with van der Waals surface area (Å²) < 4.78 is 6.03. The first kappa shape index (κ1) is 14.3. The third-order valence-corrected chi connectivity index (χ3v) is 3.36. The Morgan fingerprint density at radius 1 is 0.955 bits per heavy atom. The molecule has 0 aliphatic rings. The maximum absolute atomic E-state index is 6.03. The molecule has 0 amide bonds. The summed E-state index contributed by atoms with van der Waals surface area (Å²) in [5, 5.41) is 4.39. The average molecular weight is 293 g/mol. The molecule has 0 unspecified atom stereocenters. The molecule has 0 radical (unpaired) electrons. The molecule has 3 rings (SSSR count). The molecule has 3 aromatic rings. The van der Waals surface area contributed by atoms with E-state index >= 15 is 0 Å². The lowest BCUT2D eigenvalue weighted by Crippen LogP contribution is -2.36. The number of nitrogens with zero attached hydrogens (tertiary/aromatic N) is 2. The molecule has 22 heavy (non-hydrogen) atoms. The van der Waals surface area contributed by atoms with E-state index in [-0.39, 0.29) is 5.60 Å². The summed E-state index contributed by atoms with van der Waals surface area (Å²) in [6.07, 6.45) is 1.58. The summed E-state index contributed by atoms with van der Waals surface area (Å²) >= 11 is 0. The normalized spacial score (nSPS) is 11.4. The molecule has 0 aliphatic carbocycles. The van der Waals surface area contributed by atoms with E-state index in [9.17, 15) is 0 Å². The molecule has 4 heteroatoms. The zero-order chi connectivity index (χ0) is 15.4. The van der Waals surface area contributed by atoms with E-state index in [0.717, 1.165) is 22.5 Å². The van der Waals surface area contributed by atoms with Crippen LogP contribution in [0.5, 0.6) is 5.75 Å². The van der Waals surface area contributed by atoms with E-state index in [1.165, 1.54) is 0 Å². The van der Waals surface area contributed by atoms with Crippen LogP contribution in [-0.4, -0.2) is 22.1 Å². The lowest BCUT2D eigenvalue weighted by atomic mass is 10.1. The van der Waals surface area contributed by atoms with Crippen LogP contribution in [0.1, 0.15) is 13.8 Å². The Morgan fingerprint density at radius 2 is 1.68 bits per heavy atom. The molecule has 0 saturated heterocycles. The smallest absolute Gasteiger partial charge is 0.137 e.